The van der Waals surface area contributed by atoms with Crippen LogP contribution in [0.3, 0.4) is 0 Å². The van der Waals surface area contributed by atoms with Crippen LogP contribution in [0.4, 0.5) is 0 Å². The zero-order valence-electron chi connectivity index (χ0n) is 8.29. The highest BCUT2D eigenvalue weighted by Gasteiger charge is 2.28. The zero-order chi connectivity index (χ0) is 11.0. The van der Waals surface area contributed by atoms with Crippen LogP contribution in [0.1, 0.15) is 18.4 Å². The lowest BCUT2D eigenvalue weighted by Crippen LogP contribution is -2.15. The molecular weight excluding hydrogens is 212 g/mol. The van der Waals surface area contributed by atoms with E-state index in [2.05, 4.69) is 30.6 Å². The van der Waals surface area contributed by atoms with E-state index in [1.807, 2.05) is 0 Å². The lowest BCUT2D eigenvalue weighted by molar-refractivity contribution is 0.191. The van der Waals surface area contributed by atoms with E-state index >= 15 is 0 Å². The molecule has 1 aliphatic heterocycles. The Balaban J connectivity index is 1.83. The fourth-order valence-electron chi connectivity index (χ4n) is 1.69. The summed E-state index contributed by atoms with van der Waals surface area (Å²) in [5.41, 5.74) is 0. The van der Waals surface area contributed by atoms with E-state index in [-0.39, 0.29) is 12.1 Å². The summed E-state index contributed by atoms with van der Waals surface area (Å²) < 4.78 is 5.10. The van der Waals surface area contributed by atoms with Crippen molar-refractivity contribution in [1.29, 1.82) is 0 Å². The Morgan fingerprint density at radius 2 is 2.44 bits per heavy atom. The number of H-pyrrole nitrogens is 1. The van der Waals surface area contributed by atoms with Crippen LogP contribution in [-0.4, -0.2) is 43.1 Å². The second-order valence-corrected chi connectivity index (χ2v) is 3.64. The fourth-order valence-corrected chi connectivity index (χ4v) is 1.69. The Kier molecular flexibility index (Phi) is 2.15. The highest BCUT2D eigenvalue weighted by Crippen LogP contribution is 2.23. The average Bonchev–Trinajstić information content (AvgIpc) is 2.97. The van der Waals surface area contributed by atoms with Gasteiger partial charge in [0.15, 0.2) is 5.82 Å². The van der Waals surface area contributed by atoms with Gasteiger partial charge in [-0.25, -0.2) is 4.98 Å². The summed E-state index contributed by atoms with van der Waals surface area (Å²) in [5.74, 6) is 1.30. The largest absolute Gasteiger partial charge is 0.392 e. The molecule has 3 rings (SSSR count). The molecule has 16 heavy (non-hydrogen) atoms. The number of aromatic amines is 1. The SMILES string of the molecule is O[C@H]1CN[C@@H](c2nc(-c3ncn[nH]3)no2)C1. The number of nitrogens with zero attached hydrogens (tertiary/aromatic N) is 4. The van der Waals surface area contributed by atoms with Crippen molar-refractivity contribution < 1.29 is 9.63 Å². The number of hydrogen-bond donors (Lipinski definition) is 3. The summed E-state index contributed by atoms with van der Waals surface area (Å²) in [5, 5.41) is 22.6. The molecule has 3 heterocycles. The number of hydrogen-bond acceptors (Lipinski definition) is 7. The third-order valence-electron chi connectivity index (χ3n) is 2.47. The quantitative estimate of drug-likeness (QED) is 0.612. The second-order valence-electron chi connectivity index (χ2n) is 3.64. The van der Waals surface area contributed by atoms with E-state index in [0.29, 0.717) is 30.5 Å². The lowest BCUT2D eigenvalue weighted by Gasteiger charge is -2.01. The fraction of sp³-hybridized carbons (Fsp3) is 0.500. The molecule has 0 spiro atoms. The minimum atomic E-state index is -0.356. The van der Waals surface area contributed by atoms with Gasteiger partial charge >= 0.3 is 0 Å². The smallest absolute Gasteiger partial charge is 0.244 e. The Morgan fingerprint density at radius 1 is 1.50 bits per heavy atom. The lowest BCUT2D eigenvalue weighted by atomic mass is 10.2. The first kappa shape index (κ1) is 9.43. The molecule has 1 fully saturated rings. The van der Waals surface area contributed by atoms with Crippen molar-refractivity contribution in [2.75, 3.05) is 6.54 Å². The Labute approximate surface area is 90.1 Å². The normalized spacial score (nSPS) is 25.1. The molecule has 2 aromatic rings. The molecule has 8 heteroatoms. The summed E-state index contributed by atoms with van der Waals surface area (Å²) in [6.45, 7) is 0.546. The molecule has 1 saturated heterocycles. The maximum absolute atomic E-state index is 9.37. The average molecular weight is 222 g/mol. The Hall–Kier alpha value is -1.80. The van der Waals surface area contributed by atoms with Gasteiger partial charge in [-0.05, 0) is 6.42 Å². The highest BCUT2D eigenvalue weighted by molar-refractivity contribution is 5.39. The van der Waals surface area contributed by atoms with Crippen LogP contribution in [0, 0.1) is 0 Å². The maximum Gasteiger partial charge on any atom is 0.244 e. The van der Waals surface area contributed by atoms with Crippen LogP contribution in [-0.2, 0) is 0 Å². The number of β-amino-alcohol motifs (C(OH)–C–C–N with tert-alkyl or cyclic N) is 1. The number of aliphatic hydroxyl groups excluding tert-OH is 1. The number of aliphatic hydroxyl groups is 1. The van der Waals surface area contributed by atoms with Crippen molar-refractivity contribution in [2.24, 2.45) is 0 Å². The number of nitrogens with one attached hydrogen (secondary N) is 2. The van der Waals surface area contributed by atoms with Crippen LogP contribution in [0.15, 0.2) is 10.9 Å². The first-order chi connectivity index (χ1) is 7.83. The van der Waals surface area contributed by atoms with Crippen molar-refractivity contribution in [1.82, 2.24) is 30.6 Å². The van der Waals surface area contributed by atoms with Gasteiger partial charge in [-0.3, -0.25) is 5.10 Å². The molecule has 2 atom stereocenters. The molecule has 0 amide bonds. The van der Waals surface area contributed by atoms with Gasteiger partial charge in [0.1, 0.15) is 6.33 Å². The molecule has 8 nitrogen and oxygen atoms in total. The predicted molar refractivity (Wildman–Crippen MR) is 51.0 cm³/mol. The van der Waals surface area contributed by atoms with Gasteiger partial charge < -0.3 is 14.9 Å². The van der Waals surface area contributed by atoms with E-state index < -0.39 is 0 Å². The van der Waals surface area contributed by atoms with Gasteiger partial charge in [0.25, 0.3) is 0 Å². The minimum absolute atomic E-state index is 0.0841. The van der Waals surface area contributed by atoms with Crippen LogP contribution in [0.5, 0.6) is 0 Å². The van der Waals surface area contributed by atoms with Crippen molar-refractivity contribution in [3.63, 3.8) is 0 Å². The van der Waals surface area contributed by atoms with Crippen LogP contribution in [0.25, 0.3) is 11.6 Å². The van der Waals surface area contributed by atoms with Crippen molar-refractivity contribution >= 4 is 0 Å². The molecule has 2 aromatic heterocycles. The van der Waals surface area contributed by atoms with Gasteiger partial charge in [-0.1, -0.05) is 5.16 Å². The van der Waals surface area contributed by atoms with E-state index in [4.69, 9.17) is 4.52 Å². The number of rotatable bonds is 2. The molecule has 0 radical (unpaired) electrons. The van der Waals surface area contributed by atoms with Crippen LogP contribution >= 0.6 is 0 Å². The molecule has 0 unspecified atom stereocenters. The topological polar surface area (TPSA) is 113 Å². The third kappa shape index (κ3) is 1.57. The van der Waals surface area contributed by atoms with Crippen molar-refractivity contribution in [3.8, 4) is 11.6 Å². The van der Waals surface area contributed by atoms with Crippen molar-refractivity contribution in [3.05, 3.63) is 12.2 Å². The van der Waals surface area contributed by atoms with Crippen molar-refractivity contribution in [2.45, 2.75) is 18.6 Å². The maximum atomic E-state index is 9.37. The molecule has 3 N–H and O–H groups in total. The summed E-state index contributed by atoms with van der Waals surface area (Å²) in [4.78, 5) is 8.10. The molecule has 0 bridgehead atoms. The Bertz CT molecular complexity index is 467. The molecule has 1 aliphatic rings. The van der Waals surface area contributed by atoms with E-state index in [9.17, 15) is 5.11 Å². The predicted octanol–water partition coefficient (Wildman–Crippen LogP) is -0.750. The zero-order valence-corrected chi connectivity index (χ0v) is 8.29. The second kappa shape index (κ2) is 3.65. The molecule has 0 aliphatic carbocycles. The monoisotopic (exact) mass is 222 g/mol. The van der Waals surface area contributed by atoms with E-state index in [1.165, 1.54) is 6.33 Å². The summed E-state index contributed by atoms with van der Waals surface area (Å²) in [7, 11) is 0. The summed E-state index contributed by atoms with van der Waals surface area (Å²) >= 11 is 0. The highest BCUT2D eigenvalue weighted by atomic mass is 16.5. The molecular formula is C8H10N6O2. The van der Waals surface area contributed by atoms with Gasteiger partial charge in [-0.2, -0.15) is 10.1 Å². The summed E-state index contributed by atoms with van der Waals surface area (Å²) in [6, 6.07) is -0.0841. The first-order valence-corrected chi connectivity index (χ1v) is 4.93. The third-order valence-corrected chi connectivity index (χ3v) is 2.47. The van der Waals surface area contributed by atoms with Gasteiger partial charge in [0.2, 0.25) is 11.7 Å². The minimum Gasteiger partial charge on any atom is -0.392 e. The van der Waals surface area contributed by atoms with Crippen LogP contribution < -0.4 is 5.32 Å². The van der Waals surface area contributed by atoms with Gasteiger partial charge in [-0.15, -0.1) is 0 Å². The van der Waals surface area contributed by atoms with E-state index in [1.54, 1.807) is 0 Å². The summed E-state index contributed by atoms with van der Waals surface area (Å²) in [6.07, 6.45) is 1.60. The molecule has 0 saturated carbocycles. The van der Waals surface area contributed by atoms with Gasteiger partial charge in [0.05, 0.1) is 12.1 Å². The van der Waals surface area contributed by atoms with Gasteiger partial charge in [0, 0.05) is 6.54 Å². The van der Waals surface area contributed by atoms with E-state index in [0.717, 1.165) is 0 Å². The molecule has 0 aromatic carbocycles. The van der Waals surface area contributed by atoms with Crippen LogP contribution in [0.2, 0.25) is 0 Å². The first-order valence-electron chi connectivity index (χ1n) is 4.93. The number of aromatic nitrogens is 5. The standard InChI is InChI=1S/C8H10N6O2/c15-4-1-5(9-2-4)8-12-7(14-16-8)6-10-3-11-13-6/h3-5,9,15H,1-2H2,(H,10,11,13)/t4-,5-/m1/s1. The Morgan fingerprint density at radius 3 is 3.12 bits per heavy atom. The molecule has 84 valence electrons.